The summed E-state index contributed by atoms with van der Waals surface area (Å²) in [4.78, 5) is 0. The molecule has 1 aromatic carbocycles. The van der Waals surface area contributed by atoms with Crippen LogP contribution in [0.25, 0.3) is 0 Å². The molecule has 2 aliphatic carbocycles. The number of hydrogen-bond donors (Lipinski definition) is 1. The van der Waals surface area contributed by atoms with Crippen LogP contribution in [0.4, 0.5) is 8.78 Å². The molecule has 18 heavy (non-hydrogen) atoms. The van der Waals surface area contributed by atoms with Crippen LogP contribution in [0.2, 0.25) is 0 Å². The van der Waals surface area contributed by atoms with E-state index in [9.17, 15) is 8.78 Å². The van der Waals surface area contributed by atoms with E-state index in [1.165, 1.54) is 18.9 Å². The Bertz CT molecular complexity index is 457. The van der Waals surface area contributed by atoms with E-state index in [0.29, 0.717) is 5.75 Å². The van der Waals surface area contributed by atoms with Gasteiger partial charge in [0.05, 0.1) is 0 Å². The second kappa shape index (κ2) is 4.19. The first-order valence-corrected chi connectivity index (χ1v) is 6.49. The highest BCUT2D eigenvalue weighted by Crippen LogP contribution is 2.53. The Morgan fingerprint density at radius 3 is 2.50 bits per heavy atom. The van der Waals surface area contributed by atoms with Crippen molar-refractivity contribution in [3.63, 3.8) is 0 Å². The van der Waals surface area contributed by atoms with Crippen molar-refractivity contribution in [2.45, 2.75) is 44.2 Å². The van der Waals surface area contributed by atoms with Crippen LogP contribution in [0.15, 0.2) is 18.2 Å². The molecule has 0 aromatic heterocycles. The maximum atomic E-state index is 13.1. The zero-order valence-electron chi connectivity index (χ0n) is 10.2. The van der Waals surface area contributed by atoms with E-state index in [4.69, 9.17) is 10.5 Å². The van der Waals surface area contributed by atoms with E-state index in [-0.39, 0.29) is 17.6 Å². The van der Waals surface area contributed by atoms with Crippen molar-refractivity contribution in [1.29, 1.82) is 0 Å². The molecule has 0 bridgehead atoms. The maximum absolute atomic E-state index is 13.1. The fourth-order valence-electron chi connectivity index (χ4n) is 3.38. The molecule has 2 nitrogen and oxygen atoms in total. The molecule has 4 heteroatoms. The Hall–Kier alpha value is -1.16. The van der Waals surface area contributed by atoms with E-state index in [1.54, 1.807) is 0 Å². The predicted molar refractivity (Wildman–Crippen MR) is 64.3 cm³/mol. The normalized spacial score (nSPS) is 29.3. The topological polar surface area (TPSA) is 35.2 Å². The molecular weight excluding hydrogens is 236 g/mol. The van der Waals surface area contributed by atoms with Crippen molar-refractivity contribution in [2.24, 2.45) is 11.1 Å². The van der Waals surface area contributed by atoms with E-state index >= 15 is 0 Å². The molecule has 2 atom stereocenters. The summed E-state index contributed by atoms with van der Waals surface area (Å²) in [7, 11) is 0. The van der Waals surface area contributed by atoms with Crippen LogP contribution in [0.3, 0.4) is 0 Å². The molecule has 2 N–H and O–H groups in total. The third-order valence-corrected chi connectivity index (χ3v) is 4.55. The molecule has 0 aliphatic heterocycles. The van der Waals surface area contributed by atoms with Crippen LogP contribution in [0, 0.1) is 17.0 Å². The summed E-state index contributed by atoms with van der Waals surface area (Å²) in [6, 6.07) is 3.88. The smallest absolute Gasteiger partial charge is 0.162 e. The minimum atomic E-state index is -0.864. The lowest BCUT2D eigenvalue weighted by Crippen LogP contribution is -2.62. The fraction of sp³-hybridized carbons (Fsp3) is 0.571. The number of nitrogens with two attached hydrogens (primary N) is 1. The van der Waals surface area contributed by atoms with Gasteiger partial charge in [0.15, 0.2) is 11.6 Å². The Morgan fingerprint density at radius 2 is 1.89 bits per heavy atom. The second-order valence-corrected chi connectivity index (χ2v) is 5.46. The minimum Gasteiger partial charge on any atom is -0.490 e. The number of hydrogen-bond acceptors (Lipinski definition) is 2. The number of rotatable bonds is 2. The molecule has 2 saturated carbocycles. The van der Waals surface area contributed by atoms with Crippen molar-refractivity contribution >= 4 is 0 Å². The third kappa shape index (κ3) is 1.70. The summed E-state index contributed by atoms with van der Waals surface area (Å²) in [5, 5.41) is 0. The lowest BCUT2D eigenvalue weighted by atomic mass is 9.61. The SMILES string of the molecule is NC1CC(Oc2ccc(F)c(F)c2)C12CCCC2. The summed E-state index contributed by atoms with van der Waals surface area (Å²) in [5.74, 6) is -1.31. The highest BCUT2D eigenvalue weighted by atomic mass is 19.2. The number of halogens is 2. The highest BCUT2D eigenvalue weighted by Gasteiger charge is 2.56. The molecular formula is C14H17F2NO. The molecule has 0 radical (unpaired) electrons. The van der Waals surface area contributed by atoms with E-state index in [1.807, 2.05) is 0 Å². The van der Waals surface area contributed by atoms with Crippen LogP contribution in [0.1, 0.15) is 32.1 Å². The van der Waals surface area contributed by atoms with Crippen molar-refractivity contribution in [2.75, 3.05) is 0 Å². The predicted octanol–water partition coefficient (Wildman–Crippen LogP) is 3.00. The minimum absolute atomic E-state index is 0.0554. The Balaban J connectivity index is 1.75. The van der Waals surface area contributed by atoms with Gasteiger partial charge in [-0.3, -0.25) is 0 Å². The number of benzene rings is 1. The molecule has 0 heterocycles. The lowest BCUT2D eigenvalue weighted by molar-refractivity contribution is -0.0621. The summed E-state index contributed by atoms with van der Waals surface area (Å²) in [6.07, 6.45) is 5.40. The summed E-state index contributed by atoms with van der Waals surface area (Å²) in [5.41, 5.74) is 6.18. The standard InChI is InChI=1S/C14H17F2NO/c15-10-4-3-9(7-11(10)16)18-13-8-12(17)14(13)5-1-2-6-14/h3-4,7,12-13H,1-2,5-6,8,17H2. The molecule has 2 fully saturated rings. The largest absolute Gasteiger partial charge is 0.490 e. The van der Waals surface area contributed by atoms with E-state index in [0.717, 1.165) is 31.4 Å². The van der Waals surface area contributed by atoms with Crippen molar-refractivity contribution in [3.8, 4) is 5.75 Å². The first-order chi connectivity index (χ1) is 8.62. The van der Waals surface area contributed by atoms with Crippen LogP contribution < -0.4 is 10.5 Å². The second-order valence-electron chi connectivity index (χ2n) is 5.46. The fourth-order valence-corrected chi connectivity index (χ4v) is 3.38. The number of ether oxygens (including phenoxy) is 1. The molecule has 2 aliphatic rings. The van der Waals surface area contributed by atoms with Gasteiger partial charge in [0.1, 0.15) is 11.9 Å². The van der Waals surface area contributed by atoms with Gasteiger partial charge in [-0.2, -0.15) is 0 Å². The average molecular weight is 253 g/mol. The quantitative estimate of drug-likeness (QED) is 0.879. The van der Waals surface area contributed by atoms with E-state index < -0.39 is 11.6 Å². The van der Waals surface area contributed by atoms with Crippen LogP contribution in [0.5, 0.6) is 5.75 Å². The van der Waals surface area contributed by atoms with Crippen molar-refractivity contribution in [1.82, 2.24) is 0 Å². The Kier molecular flexibility index (Phi) is 2.77. The molecule has 1 aromatic rings. The zero-order chi connectivity index (χ0) is 12.8. The van der Waals surface area contributed by atoms with Crippen LogP contribution >= 0.6 is 0 Å². The van der Waals surface area contributed by atoms with Gasteiger partial charge < -0.3 is 10.5 Å². The summed E-state index contributed by atoms with van der Waals surface area (Å²) >= 11 is 0. The van der Waals surface area contributed by atoms with Crippen LogP contribution in [-0.2, 0) is 0 Å². The molecule has 1 spiro atoms. The Morgan fingerprint density at radius 1 is 1.17 bits per heavy atom. The average Bonchev–Trinajstić information content (AvgIpc) is 2.85. The van der Waals surface area contributed by atoms with Crippen molar-refractivity contribution in [3.05, 3.63) is 29.8 Å². The van der Waals surface area contributed by atoms with Gasteiger partial charge in [0.25, 0.3) is 0 Å². The zero-order valence-corrected chi connectivity index (χ0v) is 10.2. The summed E-state index contributed by atoms with van der Waals surface area (Å²) in [6.45, 7) is 0. The van der Waals surface area contributed by atoms with Crippen molar-refractivity contribution < 1.29 is 13.5 Å². The maximum Gasteiger partial charge on any atom is 0.162 e. The first kappa shape index (κ1) is 11.9. The Labute approximate surface area is 105 Å². The monoisotopic (exact) mass is 253 g/mol. The van der Waals surface area contributed by atoms with E-state index in [2.05, 4.69) is 0 Å². The molecule has 0 amide bonds. The van der Waals surface area contributed by atoms with Gasteiger partial charge in [-0.05, 0) is 25.0 Å². The van der Waals surface area contributed by atoms with Crippen LogP contribution in [-0.4, -0.2) is 12.1 Å². The molecule has 3 rings (SSSR count). The molecule has 0 saturated heterocycles. The molecule has 98 valence electrons. The molecule has 2 unspecified atom stereocenters. The first-order valence-electron chi connectivity index (χ1n) is 6.49. The van der Waals surface area contributed by atoms with Gasteiger partial charge >= 0.3 is 0 Å². The van der Waals surface area contributed by atoms with Gasteiger partial charge in [-0.15, -0.1) is 0 Å². The van der Waals surface area contributed by atoms with Gasteiger partial charge in [-0.25, -0.2) is 8.78 Å². The summed E-state index contributed by atoms with van der Waals surface area (Å²) < 4.78 is 31.8. The van der Waals surface area contributed by atoms with Gasteiger partial charge in [0, 0.05) is 23.9 Å². The van der Waals surface area contributed by atoms with Gasteiger partial charge in [-0.1, -0.05) is 12.8 Å². The lowest BCUT2D eigenvalue weighted by Gasteiger charge is -2.52. The third-order valence-electron chi connectivity index (χ3n) is 4.55. The highest BCUT2D eigenvalue weighted by molar-refractivity contribution is 5.25. The van der Waals surface area contributed by atoms with Gasteiger partial charge in [0.2, 0.25) is 0 Å².